The van der Waals surface area contributed by atoms with Gasteiger partial charge in [-0.25, -0.2) is 0 Å². The van der Waals surface area contributed by atoms with Gasteiger partial charge >= 0.3 is 0 Å². The van der Waals surface area contributed by atoms with Crippen molar-refractivity contribution in [3.8, 4) is 11.8 Å². The third kappa shape index (κ3) is 2.97. The smallest absolute Gasteiger partial charge is 0.133 e. The predicted molar refractivity (Wildman–Crippen MR) is 75.7 cm³/mol. The second-order valence-electron chi connectivity index (χ2n) is 4.62. The zero-order valence-electron chi connectivity index (χ0n) is 10.4. The highest BCUT2D eigenvalue weighted by Crippen LogP contribution is 2.31. The Kier molecular flexibility index (Phi) is 4.48. The molecule has 1 fully saturated rings. The van der Waals surface area contributed by atoms with E-state index < -0.39 is 0 Å². The Morgan fingerprint density at radius 2 is 2.17 bits per heavy atom. The minimum atomic E-state index is 0.125. The van der Waals surface area contributed by atoms with Gasteiger partial charge in [-0.2, -0.15) is 5.26 Å². The molecule has 0 aromatic heterocycles. The molecule has 1 aromatic rings. The molecule has 3 nitrogen and oxygen atoms in total. The van der Waals surface area contributed by atoms with Crippen LogP contribution in [0.4, 0.5) is 5.69 Å². The molecule has 1 saturated carbocycles. The molecular weight excluding hydrogens is 292 g/mol. The number of nitriles is 1. The van der Waals surface area contributed by atoms with Gasteiger partial charge in [0.05, 0.1) is 23.6 Å². The fourth-order valence-corrected chi connectivity index (χ4v) is 2.97. The number of methoxy groups -OCH3 is 1. The standard InChI is InChI=1S/C14H17BrN2O/c1-18-14-7-6-11(8-12(14)15)17-13-5-3-2-4-10(13)9-16/h6-8,10,13,17H,2-5H2,1H3. The van der Waals surface area contributed by atoms with E-state index in [0.717, 1.165) is 28.8 Å². The van der Waals surface area contributed by atoms with Gasteiger partial charge in [0.2, 0.25) is 0 Å². The molecule has 96 valence electrons. The van der Waals surface area contributed by atoms with Crippen molar-refractivity contribution in [2.45, 2.75) is 31.7 Å². The van der Waals surface area contributed by atoms with Crippen molar-refractivity contribution in [3.63, 3.8) is 0 Å². The first kappa shape index (κ1) is 13.2. The van der Waals surface area contributed by atoms with E-state index in [1.54, 1.807) is 7.11 Å². The Balaban J connectivity index is 2.08. The van der Waals surface area contributed by atoms with Crippen molar-refractivity contribution in [2.75, 3.05) is 12.4 Å². The molecule has 1 aliphatic carbocycles. The maximum Gasteiger partial charge on any atom is 0.133 e. The zero-order chi connectivity index (χ0) is 13.0. The zero-order valence-corrected chi connectivity index (χ0v) is 12.0. The van der Waals surface area contributed by atoms with Crippen LogP contribution in [0.5, 0.6) is 5.75 Å². The minimum Gasteiger partial charge on any atom is -0.496 e. The van der Waals surface area contributed by atoms with Crippen molar-refractivity contribution in [1.82, 2.24) is 0 Å². The van der Waals surface area contributed by atoms with Crippen LogP contribution in [0.1, 0.15) is 25.7 Å². The van der Waals surface area contributed by atoms with Gasteiger partial charge in [0.1, 0.15) is 5.75 Å². The highest BCUT2D eigenvalue weighted by atomic mass is 79.9. The monoisotopic (exact) mass is 308 g/mol. The summed E-state index contributed by atoms with van der Waals surface area (Å²) in [6.07, 6.45) is 4.45. The van der Waals surface area contributed by atoms with E-state index in [4.69, 9.17) is 10.00 Å². The summed E-state index contributed by atoms with van der Waals surface area (Å²) in [4.78, 5) is 0. The van der Waals surface area contributed by atoms with Gasteiger partial charge in [-0.3, -0.25) is 0 Å². The predicted octanol–water partition coefficient (Wildman–Crippen LogP) is 3.95. The van der Waals surface area contributed by atoms with Crippen LogP contribution in [0.25, 0.3) is 0 Å². The van der Waals surface area contributed by atoms with Crippen molar-refractivity contribution < 1.29 is 4.74 Å². The van der Waals surface area contributed by atoms with Crippen LogP contribution in [0.15, 0.2) is 22.7 Å². The van der Waals surface area contributed by atoms with E-state index >= 15 is 0 Å². The summed E-state index contributed by atoms with van der Waals surface area (Å²) in [7, 11) is 1.65. The summed E-state index contributed by atoms with van der Waals surface area (Å²) in [6.45, 7) is 0. The summed E-state index contributed by atoms with van der Waals surface area (Å²) in [5.74, 6) is 0.945. The lowest BCUT2D eigenvalue weighted by molar-refractivity contribution is 0.388. The second kappa shape index (κ2) is 6.10. The lowest BCUT2D eigenvalue weighted by atomic mass is 9.85. The summed E-state index contributed by atoms with van der Waals surface area (Å²) < 4.78 is 6.14. The molecule has 0 heterocycles. The molecular formula is C14H17BrN2O. The number of anilines is 1. The molecule has 2 atom stereocenters. The number of rotatable bonds is 3. The van der Waals surface area contributed by atoms with Gasteiger partial charge < -0.3 is 10.1 Å². The van der Waals surface area contributed by atoms with Crippen LogP contribution >= 0.6 is 15.9 Å². The Bertz CT molecular complexity index is 456. The SMILES string of the molecule is COc1ccc(NC2CCCCC2C#N)cc1Br. The van der Waals surface area contributed by atoms with E-state index in [0.29, 0.717) is 0 Å². The third-order valence-electron chi connectivity index (χ3n) is 3.44. The first-order chi connectivity index (χ1) is 8.74. The van der Waals surface area contributed by atoms with Crippen LogP contribution < -0.4 is 10.1 Å². The summed E-state index contributed by atoms with van der Waals surface area (Å²) in [5, 5.41) is 12.6. The van der Waals surface area contributed by atoms with E-state index in [1.165, 1.54) is 12.8 Å². The summed E-state index contributed by atoms with van der Waals surface area (Å²) in [6, 6.07) is 8.60. The maximum atomic E-state index is 9.16. The number of benzene rings is 1. The molecule has 0 amide bonds. The molecule has 0 bridgehead atoms. The Labute approximate surface area is 116 Å². The molecule has 1 aromatic carbocycles. The topological polar surface area (TPSA) is 45.0 Å². The van der Waals surface area contributed by atoms with Crippen molar-refractivity contribution in [1.29, 1.82) is 5.26 Å². The average molecular weight is 309 g/mol. The number of nitrogens with zero attached hydrogens (tertiary/aromatic N) is 1. The van der Waals surface area contributed by atoms with E-state index in [1.807, 2.05) is 18.2 Å². The van der Waals surface area contributed by atoms with E-state index in [9.17, 15) is 0 Å². The van der Waals surface area contributed by atoms with Gasteiger partial charge in [0.15, 0.2) is 0 Å². The third-order valence-corrected chi connectivity index (χ3v) is 4.06. The first-order valence-electron chi connectivity index (χ1n) is 6.24. The number of hydrogen-bond donors (Lipinski definition) is 1. The van der Waals surface area contributed by atoms with Crippen molar-refractivity contribution in [2.24, 2.45) is 5.92 Å². The summed E-state index contributed by atoms with van der Waals surface area (Å²) in [5.41, 5.74) is 1.04. The molecule has 0 aliphatic heterocycles. The van der Waals surface area contributed by atoms with E-state index in [-0.39, 0.29) is 12.0 Å². The fourth-order valence-electron chi connectivity index (χ4n) is 2.43. The fraction of sp³-hybridized carbons (Fsp3) is 0.500. The highest BCUT2D eigenvalue weighted by molar-refractivity contribution is 9.10. The summed E-state index contributed by atoms with van der Waals surface area (Å²) >= 11 is 3.47. The minimum absolute atomic E-state index is 0.125. The van der Waals surface area contributed by atoms with Gasteiger partial charge in [0, 0.05) is 11.7 Å². The first-order valence-corrected chi connectivity index (χ1v) is 7.03. The quantitative estimate of drug-likeness (QED) is 0.919. The van der Waals surface area contributed by atoms with E-state index in [2.05, 4.69) is 27.3 Å². The van der Waals surface area contributed by atoms with Crippen LogP contribution in [-0.4, -0.2) is 13.2 Å². The van der Waals surface area contributed by atoms with Crippen LogP contribution in [0, 0.1) is 17.2 Å². The maximum absolute atomic E-state index is 9.16. The Morgan fingerprint density at radius 1 is 1.39 bits per heavy atom. The highest BCUT2D eigenvalue weighted by Gasteiger charge is 2.24. The average Bonchev–Trinajstić information content (AvgIpc) is 2.39. The molecule has 1 N–H and O–H groups in total. The molecule has 0 saturated heterocycles. The lowest BCUT2D eigenvalue weighted by Gasteiger charge is -2.28. The molecule has 2 unspecified atom stereocenters. The van der Waals surface area contributed by atoms with Crippen LogP contribution in [-0.2, 0) is 0 Å². The molecule has 4 heteroatoms. The van der Waals surface area contributed by atoms with Crippen LogP contribution in [0.3, 0.4) is 0 Å². The van der Waals surface area contributed by atoms with Gasteiger partial charge in [0.25, 0.3) is 0 Å². The largest absolute Gasteiger partial charge is 0.496 e. The lowest BCUT2D eigenvalue weighted by Crippen LogP contribution is -2.31. The number of ether oxygens (including phenoxy) is 1. The molecule has 0 spiro atoms. The molecule has 1 aliphatic rings. The number of hydrogen-bond acceptors (Lipinski definition) is 3. The molecule has 2 rings (SSSR count). The normalized spacial score (nSPS) is 23.2. The van der Waals surface area contributed by atoms with Crippen LogP contribution in [0.2, 0.25) is 0 Å². The number of halogens is 1. The van der Waals surface area contributed by atoms with Crippen molar-refractivity contribution >= 4 is 21.6 Å². The Morgan fingerprint density at radius 3 is 2.83 bits per heavy atom. The number of nitrogens with one attached hydrogen (secondary N) is 1. The van der Waals surface area contributed by atoms with Gasteiger partial charge in [-0.1, -0.05) is 12.8 Å². The molecule has 0 radical (unpaired) electrons. The Hall–Kier alpha value is -1.21. The van der Waals surface area contributed by atoms with Gasteiger partial charge in [-0.15, -0.1) is 0 Å². The van der Waals surface area contributed by atoms with Crippen molar-refractivity contribution in [3.05, 3.63) is 22.7 Å². The van der Waals surface area contributed by atoms with Gasteiger partial charge in [-0.05, 0) is 47.0 Å². The second-order valence-corrected chi connectivity index (χ2v) is 5.47. The molecule has 18 heavy (non-hydrogen) atoms.